The number of aromatic nitrogens is 2. The predicted molar refractivity (Wildman–Crippen MR) is 238 cm³/mol. The van der Waals surface area contributed by atoms with Crippen LogP contribution in [0.15, 0.2) is 102 Å². The first kappa shape index (κ1) is 41.0. The summed E-state index contributed by atoms with van der Waals surface area (Å²) in [6.07, 6.45) is 17.5. The molecule has 0 amide bonds. The van der Waals surface area contributed by atoms with Gasteiger partial charge in [0.05, 0.1) is 13.7 Å². The molecule has 2 aliphatic rings. The molecule has 0 aliphatic heterocycles. The van der Waals surface area contributed by atoms with E-state index in [0.29, 0.717) is 0 Å². The molecule has 295 valence electrons. The molecule has 4 aromatic carbocycles. The van der Waals surface area contributed by atoms with Crippen molar-refractivity contribution in [3.63, 3.8) is 0 Å². The molecule has 0 N–H and O–H groups in total. The van der Waals surface area contributed by atoms with Gasteiger partial charge in [0, 0.05) is 37.9 Å². The summed E-state index contributed by atoms with van der Waals surface area (Å²) in [7, 11) is -1.31. The number of nitrogens with zero attached hydrogens (tertiary/aromatic N) is 2. The van der Waals surface area contributed by atoms with E-state index in [1.165, 1.54) is 102 Å². The van der Waals surface area contributed by atoms with Crippen LogP contribution in [0.4, 0.5) is 0 Å². The monoisotopic (exact) mass is 945 g/mol. The molecule has 3 nitrogen and oxygen atoms in total. The fourth-order valence-electron chi connectivity index (χ4n) is 9.36. The van der Waals surface area contributed by atoms with Gasteiger partial charge in [0.15, 0.2) is 0 Å². The molecular weight excluding hydrogens is 889 g/mol. The van der Waals surface area contributed by atoms with Crippen LogP contribution in [0.2, 0.25) is 19.6 Å². The van der Waals surface area contributed by atoms with E-state index in [0.717, 1.165) is 62.7 Å². The van der Waals surface area contributed by atoms with Crippen molar-refractivity contribution in [3.8, 4) is 33.6 Å². The summed E-state index contributed by atoms with van der Waals surface area (Å²) in [6.45, 7) is 13.7. The molecule has 7 aromatic rings. The van der Waals surface area contributed by atoms with E-state index < -0.39 is 8.07 Å². The smallest absolute Gasteiger partial charge is 0.121 e. The maximum Gasteiger partial charge on any atom is 0.121 e. The molecule has 0 unspecified atom stereocenters. The van der Waals surface area contributed by atoms with Gasteiger partial charge in [-0.15, -0.1) is 59.2 Å². The predicted octanol–water partition coefficient (Wildman–Crippen LogP) is 13.9. The minimum absolute atomic E-state index is 0. The van der Waals surface area contributed by atoms with Crippen molar-refractivity contribution in [3.05, 3.63) is 137 Å². The Bertz CT molecular complexity index is 2440. The fourth-order valence-corrected chi connectivity index (χ4v) is 11.1. The van der Waals surface area contributed by atoms with Crippen LogP contribution in [0.1, 0.15) is 91.5 Å². The summed E-state index contributed by atoms with van der Waals surface area (Å²) < 4.78 is 6.25. The zero-order valence-electron chi connectivity index (χ0n) is 34.6. The van der Waals surface area contributed by atoms with E-state index in [1.54, 1.807) is 0 Å². The SMILES string of the molecule is Cc1cc(-c2[c-]cc(C3CCCCC3)cc2)ncc1[Si](C)(C)C.Cc1cccc(C)c1-c1ccc2c(c1)oc1c[c-]c(-c3cc(CC4CCCC4)ccn3)cc12.[Ir]. The maximum absolute atomic E-state index is 6.25. The molecule has 0 bridgehead atoms. The van der Waals surface area contributed by atoms with Crippen LogP contribution >= 0.6 is 0 Å². The molecule has 2 fully saturated rings. The third-order valence-electron chi connectivity index (χ3n) is 12.4. The quantitative estimate of drug-likeness (QED) is 0.118. The topological polar surface area (TPSA) is 38.9 Å². The Morgan fingerprint density at radius 2 is 1.39 bits per heavy atom. The number of hydrogen-bond donors (Lipinski definition) is 0. The van der Waals surface area contributed by atoms with Crippen molar-refractivity contribution < 1.29 is 24.5 Å². The van der Waals surface area contributed by atoms with Crippen molar-refractivity contribution in [1.82, 2.24) is 9.97 Å². The molecule has 0 atom stereocenters. The first-order chi connectivity index (χ1) is 27.1. The van der Waals surface area contributed by atoms with Gasteiger partial charge >= 0.3 is 0 Å². The molecule has 5 heteroatoms. The van der Waals surface area contributed by atoms with Gasteiger partial charge in [-0.25, -0.2) is 0 Å². The summed E-state index contributed by atoms with van der Waals surface area (Å²) in [6, 6.07) is 37.4. The van der Waals surface area contributed by atoms with E-state index in [4.69, 9.17) is 9.40 Å². The van der Waals surface area contributed by atoms with Gasteiger partial charge in [0.25, 0.3) is 0 Å². The molecule has 3 heterocycles. The summed E-state index contributed by atoms with van der Waals surface area (Å²) in [5.74, 6) is 1.58. The minimum atomic E-state index is -1.31. The van der Waals surface area contributed by atoms with Gasteiger partial charge in [0.1, 0.15) is 5.58 Å². The Labute approximate surface area is 355 Å². The van der Waals surface area contributed by atoms with Gasteiger partial charge in [-0.05, 0) is 84.1 Å². The van der Waals surface area contributed by atoms with Crippen molar-refractivity contribution in [2.45, 2.75) is 111 Å². The molecule has 9 rings (SSSR count). The second-order valence-electron chi connectivity index (χ2n) is 17.6. The van der Waals surface area contributed by atoms with Crippen LogP contribution in [0, 0.1) is 38.8 Å². The molecule has 0 spiro atoms. The molecule has 1 radical (unpaired) electrons. The standard InChI is InChI=1S/C31H28NO.C21H28NSi.Ir/c1-20-6-5-7-21(2)31(20)25-10-12-26-27-18-24(11-13-29(27)33-30(26)19-25)28-17-23(14-15-32-28)16-22-8-3-4-9-22;1-16-14-20(22-15-21(16)23(2,3)4)19-12-10-18(11-13-19)17-8-6-5-7-9-17;/h5-7,10,12-15,17-19,22H,3-4,8-9,16H2,1-2H3;10-12,14-15,17H,5-9H2,1-4H3;/q2*-1;. The first-order valence-corrected chi connectivity index (χ1v) is 24.5. The van der Waals surface area contributed by atoms with E-state index in [-0.39, 0.29) is 20.1 Å². The van der Waals surface area contributed by atoms with Crippen LogP contribution < -0.4 is 5.19 Å². The van der Waals surface area contributed by atoms with Gasteiger partial charge in [-0.2, -0.15) is 0 Å². The van der Waals surface area contributed by atoms with Crippen LogP contribution in [0.3, 0.4) is 0 Å². The van der Waals surface area contributed by atoms with Crippen LogP contribution in [-0.2, 0) is 26.5 Å². The summed E-state index contributed by atoms with van der Waals surface area (Å²) in [5, 5.41) is 3.72. The van der Waals surface area contributed by atoms with Crippen molar-refractivity contribution >= 4 is 35.2 Å². The Balaban J connectivity index is 0.000000183. The maximum atomic E-state index is 6.25. The van der Waals surface area contributed by atoms with Crippen molar-refractivity contribution in [2.24, 2.45) is 5.92 Å². The Hall–Kier alpha value is -4.15. The summed E-state index contributed by atoms with van der Waals surface area (Å²) in [5.41, 5.74) is 15.2. The summed E-state index contributed by atoms with van der Waals surface area (Å²) >= 11 is 0. The second-order valence-corrected chi connectivity index (χ2v) is 22.7. The van der Waals surface area contributed by atoms with E-state index >= 15 is 0 Å². The Morgan fingerprint density at radius 1 is 0.667 bits per heavy atom. The number of rotatable bonds is 7. The molecule has 3 aromatic heterocycles. The van der Waals surface area contributed by atoms with Crippen LogP contribution in [0.25, 0.3) is 55.6 Å². The fraction of sp³-hybridized carbons (Fsp3) is 0.346. The van der Waals surface area contributed by atoms with Crippen LogP contribution in [-0.4, -0.2) is 18.0 Å². The third kappa shape index (κ3) is 9.28. The zero-order chi connectivity index (χ0) is 38.8. The minimum Gasteiger partial charge on any atom is -0.500 e. The van der Waals surface area contributed by atoms with E-state index in [1.807, 2.05) is 12.3 Å². The van der Waals surface area contributed by atoms with Gasteiger partial charge in [-0.1, -0.05) is 142 Å². The molecule has 0 saturated heterocycles. The summed E-state index contributed by atoms with van der Waals surface area (Å²) in [4.78, 5) is 9.39. The Kier molecular flexibility index (Phi) is 12.8. The van der Waals surface area contributed by atoms with Crippen LogP contribution in [0.5, 0.6) is 0 Å². The molecule has 2 saturated carbocycles. The van der Waals surface area contributed by atoms with Gasteiger partial charge in [0.2, 0.25) is 0 Å². The average molecular weight is 945 g/mol. The normalized spacial score (nSPS) is 15.1. The Morgan fingerprint density at radius 3 is 2.09 bits per heavy atom. The molecule has 2 aliphatic carbocycles. The van der Waals surface area contributed by atoms with Crippen molar-refractivity contribution in [2.75, 3.05) is 0 Å². The second kappa shape index (κ2) is 17.8. The number of fused-ring (bicyclic) bond motifs is 3. The van der Waals surface area contributed by atoms with Gasteiger partial charge < -0.3 is 14.4 Å². The van der Waals surface area contributed by atoms with E-state index in [2.05, 4.69) is 143 Å². The number of benzene rings is 4. The van der Waals surface area contributed by atoms with E-state index in [9.17, 15) is 0 Å². The number of hydrogen-bond acceptors (Lipinski definition) is 3. The molecule has 57 heavy (non-hydrogen) atoms. The number of furan rings is 1. The van der Waals surface area contributed by atoms with Gasteiger partial charge in [-0.3, -0.25) is 0 Å². The average Bonchev–Trinajstić information content (AvgIpc) is 3.85. The molecular formula is C52H56IrN2OSi-2. The zero-order valence-corrected chi connectivity index (χ0v) is 38.0. The largest absolute Gasteiger partial charge is 0.500 e. The van der Waals surface area contributed by atoms with Crippen molar-refractivity contribution in [1.29, 1.82) is 0 Å². The third-order valence-corrected chi connectivity index (χ3v) is 14.5. The first-order valence-electron chi connectivity index (χ1n) is 21.0. The number of pyridine rings is 2. The number of aryl methyl sites for hydroxylation is 3.